The third-order valence-corrected chi connectivity index (χ3v) is 2.33. The van der Waals surface area contributed by atoms with E-state index in [4.69, 9.17) is 5.73 Å². The van der Waals surface area contributed by atoms with Crippen molar-refractivity contribution < 1.29 is 0 Å². The molecule has 74 valence electrons. The summed E-state index contributed by atoms with van der Waals surface area (Å²) in [7, 11) is 0. The standard InChI is InChI=1S/C11H19NS/c1-5-10(6-9(2)3)7-11(12)8-13-4/h5-6,11H,1-2,7-8,12H2,3-4H3/b10-6+. The first-order valence-electron chi connectivity index (χ1n) is 4.33. The Hall–Kier alpha value is -0.470. The number of nitrogens with two attached hydrogens (primary N) is 1. The Labute approximate surface area is 85.8 Å². The summed E-state index contributed by atoms with van der Waals surface area (Å²) in [6.07, 6.45) is 6.84. The highest BCUT2D eigenvalue weighted by Crippen LogP contribution is 2.10. The summed E-state index contributed by atoms with van der Waals surface area (Å²) in [6, 6.07) is 0.221. The van der Waals surface area contributed by atoms with E-state index in [1.165, 1.54) is 5.57 Å². The molecule has 13 heavy (non-hydrogen) atoms. The summed E-state index contributed by atoms with van der Waals surface area (Å²) in [4.78, 5) is 0. The van der Waals surface area contributed by atoms with Crippen LogP contribution in [0.4, 0.5) is 0 Å². The van der Waals surface area contributed by atoms with E-state index in [0.717, 1.165) is 17.7 Å². The van der Waals surface area contributed by atoms with Crippen LogP contribution in [-0.4, -0.2) is 18.1 Å². The van der Waals surface area contributed by atoms with Gasteiger partial charge in [0.15, 0.2) is 0 Å². The Balaban J connectivity index is 4.12. The number of allylic oxidation sites excluding steroid dienone is 3. The van der Waals surface area contributed by atoms with E-state index in [1.54, 1.807) is 11.8 Å². The van der Waals surface area contributed by atoms with Gasteiger partial charge in [-0.2, -0.15) is 11.8 Å². The molecule has 0 aliphatic heterocycles. The minimum Gasteiger partial charge on any atom is -0.327 e. The van der Waals surface area contributed by atoms with Crippen LogP contribution in [0.1, 0.15) is 13.3 Å². The van der Waals surface area contributed by atoms with Crippen LogP contribution in [-0.2, 0) is 0 Å². The topological polar surface area (TPSA) is 26.0 Å². The molecule has 0 bridgehead atoms. The van der Waals surface area contributed by atoms with E-state index in [0.29, 0.717) is 0 Å². The fourth-order valence-corrected chi connectivity index (χ4v) is 1.64. The highest BCUT2D eigenvalue weighted by Gasteiger charge is 2.02. The predicted octanol–water partition coefficient (Wildman–Crippen LogP) is 2.76. The van der Waals surface area contributed by atoms with Crippen molar-refractivity contribution in [2.24, 2.45) is 5.73 Å². The SMILES string of the molecule is C=C/C(=C\C(=C)C)CC(N)CSC. The van der Waals surface area contributed by atoms with Crippen molar-refractivity contribution in [3.05, 3.63) is 36.5 Å². The molecule has 2 heteroatoms. The summed E-state index contributed by atoms with van der Waals surface area (Å²) in [6.45, 7) is 9.56. The van der Waals surface area contributed by atoms with Crippen LogP contribution in [0.5, 0.6) is 0 Å². The first kappa shape index (κ1) is 12.5. The van der Waals surface area contributed by atoms with E-state index in [9.17, 15) is 0 Å². The molecule has 0 rings (SSSR count). The third-order valence-electron chi connectivity index (χ3n) is 1.57. The summed E-state index contributed by atoms with van der Waals surface area (Å²) >= 11 is 1.77. The van der Waals surface area contributed by atoms with Gasteiger partial charge in [0.2, 0.25) is 0 Å². The Bertz CT molecular complexity index is 206. The van der Waals surface area contributed by atoms with Gasteiger partial charge in [0.1, 0.15) is 0 Å². The van der Waals surface area contributed by atoms with Crippen molar-refractivity contribution in [1.29, 1.82) is 0 Å². The highest BCUT2D eigenvalue weighted by atomic mass is 32.2. The van der Waals surface area contributed by atoms with Gasteiger partial charge in [-0.15, -0.1) is 0 Å². The van der Waals surface area contributed by atoms with Crippen LogP contribution in [0.2, 0.25) is 0 Å². The molecule has 0 radical (unpaired) electrons. The van der Waals surface area contributed by atoms with Gasteiger partial charge in [-0.05, 0) is 25.2 Å². The number of hydrogen-bond donors (Lipinski definition) is 1. The summed E-state index contributed by atoms with van der Waals surface area (Å²) in [5.41, 5.74) is 8.12. The Morgan fingerprint density at radius 3 is 2.62 bits per heavy atom. The maximum atomic E-state index is 5.90. The van der Waals surface area contributed by atoms with Crippen LogP contribution in [0.25, 0.3) is 0 Å². The summed E-state index contributed by atoms with van der Waals surface area (Å²) < 4.78 is 0. The normalized spacial score (nSPS) is 13.9. The van der Waals surface area contributed by atoms with Gasteiger partial charge in [0.25, 0.3) is 0 Å². The van der Waals surface area contributed by atoms with Gasteiger partial charge >= 0.3 is 0 Å². The van der Waals surface area contributed by atoms with Crippen LogP contribution in [0.15, 0.2) is 36.5 Å². The zero-order valence-electron chi connectivity index (χ0n) is 8.55. The third kappa shape index (κ3) is 6.67. The lowest BCUT2D eigenvalue weighted by Gasteiger charge is -2.10. The lowest BCUT2D eigenvalue weighted by atomic mass is 10.1. The number of hydrogen-bond acceptors (Lipinski definition) is 2. The monoisotopic (exact) mass is 197 g/mol. The lowest BCUT2D eigenvalue weighted by molar-refractivity contribution is 0.752. The van der Waals surface area contributed by atoms with E-state index >= 15 is 0 Å². The fourth-order valence-electron chi connectivity index (χ4n) is 1.09. The average molecular weight is 197 g/mol. The van der Waals surface area contributed by atoms with E-state index in [-0.39, 0.29) is 6.04 Å². The molecular weight excluding hydrogens is 178 g/mol. The minimum absolute atomic E-state index is 0.221. The molecular formula is C11H19NS. The van der Waals surface area contributed by atoms with Gasteiger partial charge in [-0.25, -0.2) is 0 Å². The number of rotatable bonds is 6. The van der Waals surface area contributed by atoms with Crippen LogP contribution in [0.3, 0.4) is 0 Å². The molecule has 0 fully saturated rings. The van der Waals surface area contributed by atoms with Crippen LogP contribution in [0, 0.1) is 0 Å². The molecule has 1 atom stereocenters. The van der Waals surface area contributed by atoms with Gasteiger partial charge in [-0.1, -0.05) is 30.9 Å². The average Bonchev–Trinajstić information content (AvgIpc) is 2.02. The quantitative estimate of drug-likeness (QED) is 0.663. The maximum absolute atomic E-state index is 5.90. The first-order chi connectivity index (χ1) is 6.10. The number of thioether (sulfide) groups is 1. The van der Waals surface area contributed by atoms with Crippen molar-refractivity contribution in [3.63, 3.8) is 0 Å². The van der Waals surface area contributed by atoms with E-state index in [1.807, 2.05) is 19.1 Å². The molecule has 2 N–H and O–H groups in total. The fraction of sp³-hybridized carbons (Fsp3) is 0.455. The smallest absolute Gasteiger partial charge is 0.0171 e. The first-order valence-corrected chi connectivity index (χ1v) is 5.72. The van der Waals surface area contributed by atoms with Crippen LogP contribution >= 0.6 is 11.8 Å². The molecule has 0 saturated heterocycles. The molecule has 0 aliphatic rings. The van der Waals surface area contributed by atoms with Gasteiger partial charge in [-0.3, -0.25) is 0 Å². The molecule has 0 aromatic heterocycles. The molecule has 0 spiro atoms. The van der Waals surface area contributed by atoms with E-state index in [2.05, 4.69) is 19.4 Å². The molecule has 1 nitrogen and oxygen atoms in total. The Morgan fingerprint density at radius 2 is 2.23 bits per heavy atom. The minimum atomic E-state index is 0.221. The summed E-state index contributed by atoms with van der Waals surface area (Å²) in [5, 5.41) is 0. The van der Waals surface area contributed by atoms with Crippen molar-refractivity contribution in [1.82, 2.24) is 0 Å². The molecule has 0 aromatic rings. The zero-order valence-corrected chi connectivity index (χ0v) is 9.36. The maximum Gasteiger partial charge on any atom is 0.0171 e. The van der Waals surface area contributed by atoms with Crippen molar-refractivity contribution >= 4 is 11.8 Å². The van der Waals surface area contributed by atoms with Crippen molar-refractivity contribution in [2.75, 3.05) is 12.0 Å². The predicted molar refractivity (Wildman–Crippen MR) is 64.1 cm³/mol. The van der Waals surface area contributed by atoms with Gasteiger partial charge < -0.3 is 5.73 Å². The second kappa shape index (κ2) is 6.98. The highest BCUT2D eigenvalue weighted by molar-refractivity contribution is 7.98. The molecule has 1 unspecified atom stereocenters. The zero-order chi connectivity index (χ0) is 10.3. The van der Waals surface area contributed by atoms with Gasteiger partial charge in [0, 0.05) is 11.8 Å². The Kier molecular flexibility index (Phi) is 6.73. The second-order valence-corrected chi connectivity index (χ2v) is 4.10. The molecule has 0 amide bonds. The molecule has 0 saturated carbocycles. The van der Waals surface area contributed by atoms with Crippen LogP contribution < -0.4 is 5.73 Å². The van der Waals surface area contributed by atoms with Gasteiger partial charge in [0.05, 0.1) is 0 Å². The summed E-state index contributed by atoms with van der Waals surface area (Å²) in [5.74, 6) is 0.987. The molecule has 0 aromatic carbocycles. The Morgan fingerprint density at radius 1 is 1.62 bits per heavy atom. The molecule has 0 heterocycles. The van der Waals surface area contributed by atoms with Crippen molar-refractivity contribution in [3.8, 4) is 0 Å². The lowest BCUT2D eigenvalue weighted by Crippen LogP contribution is -2.22. The van der Waals surface area contributed by atoms with E-state index < -0.39 is 0 Å². The largest absolute Gasteiger partial charge is 0.327 e. The second-order valence-electron chi connectivity index (χ2n) is 3.19. The van der Waals surface area contributed by atoms with Crippen molar-refractivity contribution in [2.45, 2.75) is 19.4 Å². The molecule has 0 aliphatic carbocycles.